The van der Waals surface area contributed by atoms with Crippen molar-refractivity contribution < 1.29 is 0 Å². The molecule has 0 amide bonds. The Bertz CT molecular complexity index is 431. The van der Waals surface area contributed by atoms with Crippen LogP contribution in [0.1, 0.15) is 5.56 Å². The molecule has 0 aliphatic carbocycles. The van der Waals surface area contributed by atoms with Gasteiger partial charge < -0.3 is 5.32 Å². The van der Waals surface area contributed by atoms with Gasteiger partial charge in [0.25, 0.3) is 0 Å². The molecule has 1 aromatic carbocycles. The number of aromatic nitrogens is 2. The van der Waals surface area contributed by atoms with Gasteiger partial charge in [-0.05, 0) is 5.56 Å². The molecule has 0 bridgehead atoms. The highest BCUT2D eigenvalue weighted by Crippen LogP contribution is 2.14. The summed E-state index contributed by atoms with van der Waals surface area (Å²) < 4.78 is 0. The van der Waals surface area contributed by atoms with Crippen LogP contribution in [0.25, 0.3) is 0 Å². The number of benzene rings is 1. The zero-order chi connectivity index (χ0) is 10.5. The predicted molar refractivity (Wildman–Crippen MR) is 60.8 cm³/mol. The van der Waals surface area contributed by atoms with Crippen molar-refractivity contribution in [3.8, 4) is 0 Å². The van der Waals surface area contributed by atoms with Crippen LogP contribution >= 0.6 is 11.6 Å². The lowest BCUT2D eigenvalue weighted by Gasteiger charge is -2.05. The normalized spacial score (nSPS) is 9.93. The molecule has 0 saturated carbocycles. The van der Waals surface area contributed by atoms with E-state index in [2.05, 4.69) is 15.3 Å². The van der Waals surface area contributed by atoms with Crippen molar-refractivity contribution in [2.24, 2.45) is 0 Å². The molecule has 0 fully saturated rings. The van der Waals surface area contributed by atoms with E-state index in [1.807, 2.05) is 30.3 Å². The van der Waals surface area contributed by atoms with Crippen molar-refractivity contribution in [2.75, 3.05) is 5.32 Å². The van der Waals surface area contributed by atoms with Crippen molar-refractivity contribution in [2.45, 2.75) is 6.54 Å². The average molecular weight is 220 g/mol. The molecule has 4 heteroatoms. The third-order valence-electron chi connectivity index (χ3n) is 1.96. The second-order valence-electron chi connectivity index (χ2n) is 3.03. The number of anilines is 1. The molecule has 0 spiro atoms. The van der Waals surface area contributed by atoms with Gasteiger partial charge in [0.1, 0.15) is 0 Å². The summed E-state index contributed by atoms with van der Waals surface area (Å²) in [5.41, 5.74) is 1.18. The van der Waals surface area contributed by atoms with Gasteiger partial charge in [0.05, 0.1) is 0 Å². The van der Waals surface area contributed by atoms with E-state index in [0.29, 0.717) is 17.5 Å². The van der Waals surface area contributed by atoms with Crippen LogP contribution in [-0.2, 0) is 6.54 Å². The maximum absolute atomic E-state index is 5.85. The van der Waals surface area contributed by atoms with Crippen LogP contribution in [0.3, 0.4) is 0 Å². The van der Waals surface area contributed by atoms with Crippen LogP contribution in [0.2, 0.25) is 5.15 Å². The summed E-state index contributed by atoms with van der Waals surface area (Å²) >= 11 is 5.85. The number of nitrogens with zero attached hydrogens (tertiary/aromatic N) is 2. The molecule has 0 aliphatic rings. The quantitative estimate of drug-likeness (QED) is 0.863. The average Bonchev–Trinajstić information content (AvgIpc) is 2.29. The molecular formula is C11H10ClN3. The number of hydrogen-bond acceptors (Lipinski definition) is 3. The van der Waals surface area contributed by atoms with E-state index in [1.165, 1.54) is 5.56 Å². The van der Waals surface area contributed by atoms with Crippen LogP contribution in [-0.4, -0.2) is 9.97 Å². The van der Waals surface area contributed by atoms with Gasteiger partial charge in [0.2, 0.25) is 0 Å². The molecule has 76 valence electrons. The number of halogens is 1. The van der Waals surface area contributed by atoms with Crippen molar-refractivity contribution >= 4 is 17.4 Å². The molecular weight excluding hydrogens is 210 g/mol. The zero-order valence-electron chi connectivity index (χ0n) is 8.02. The van der Waals surface area contributed by atoms with E-state index >= 15 is 0 Å². The summed E-state index contributed by atoms with van der Waals surface area (Å²) in [7, 11) is 0. The first kappa shape index (κ1) is 9.93. The molecule has 2 rings (SSSR count). The molecule has 0 unspecified atom stereocenters. The van der Waals surface area contributed by atoms with Crippen LogP contribution in [0.15, 0.2) is 42.7 Å². The van der Waals surface area contributed by atoms with E-state index in [9.17, 15) is 0 Å². The molecule has 1 heterocycles. The highest BCUT2D eigenvalue weighted by molar-refractivity contribution is 6.31. The van der Waals surface area contributed by atoms with Gasteiger partial charge in [-0.25, -0.2) is 9.97 Å². The van der Waals surface area contributed by atoms with Crippen molar-refractivity contribution in [1.82, 2.24) is 9.97 Å². The van der Waals surface area contributed by atoms with Crippen LogP contribution < -0.4 is 5.32 Å². The number of nitrogens with one attached hydrogen (secondary N) is 1. The summed E-state index contributed by atoms with van der Waals surface area (Å²) in [5, 5.41) is 3.52. The first-order chi connectivity index (χ1) is 7.36. The van der Waals surface area contributed by atoms with Crippen molar-refractivity contribution in [3.63, 3.8) is 0 Å². The fraction of sp³-hybridized carbons (Fsp3) is 0.0909. The van der Waals surface area contributed by atoms with E-state index in [-0.39, 0.29) is 0 Å². The monoisotopic (exact) mass is 219 g/mol. The van der Waals surface area contributed by atoms with Crippen LogP contribution in [0.5, 0.6) is 0 Å². The van der Waals surface area contributed by atoms with Gasteiger partial charge in [-0.15, -0.1) is 0 Å². The lowest BCUT2D eigenvalue weighted by atomic mass is 10.2. The lowest BCUT2D eigenvalue weighted by Crippen LogP contribution is -2.02. The summed E-state index contributed by atoms with van der Waals surface area (Å²) in [4.78, 5) is 8.02. The van der Waals surface area contributed by atoms with Crippen molar-refractivity contribution in [1.29, 1.82) is 0 Å². The second kappa shape index (κ2) is 4.75. The number of rotatable bonds is 3. The zero-order valence-corrected chi connectivity index (χ0v) is 8.78. The Kier molecular flexibility index (Phi) is 3.15. The molecule has 1 aromatic heterocycles. The third kappa shape index (κ3) is 2.67. The molecule has 0 atom stereocenters. The molecule has 0 radical (unpaired) electrons. The Balaban J connectivity index is 2.03. The molecule has 1 N–H and O–H groups in total. The van der Waals surface area contributed by atoms with Gasteiger partial charge >= 0.3 is 0 Å². The van der Waals surface area contributed by atoms with Crippen LogP contribution in [0.4, 0.5) is 5.82 Å². The van der Waals surface area contributed by atoms with E-state index in [1.54, 1.807) is 12.4 Å². The summed E-state index contributed by atoms with van der Waals surface area (Å²) in [6, 6.07) is 10.1. The van der Waals surface area contributed by atoms with Gasteiger partial charge in [-0.1, -0.05) is 41.9 Å². The topological polar surface area (TPSA) is 37.8 Å². The maximum Gasteiger partial charge on any atom is 0.171 e. The summed E-state index contributed by atoms with van der Waals surface area (Å²) in [6.07, 6.45) is 3.18. The SMILES string of the molecule is Clc1nccnc1NCc1ccccc1. The van der Waals surface area contributed by atoms with Gasteiger partial charge in [0, 0.05) is 18.9 Å². The first-order valence-corrected chi connectivity index (χ1v) is 4.98. The fourth-order valence-electron chi connectivity index (χ4n) is 1.22. The Morgan fingerprint density at radius 2 is 1.80 bits per heavy atom. The van der Waals surface area contributed by atoms with Crippen molar-refractivity contribution in [3.05, 3.63) is 53.4 Å². The molecule has 0 aliphatic heterocycles. The Morgan fingerprint density at radius 3 is 2.53 bits per heavy atom. The molecule has 2 aromatic rings. The summed E-state index contributed by atoms with van der Waals surface area (Å²) in [6.45, 7) is 0.694. The summed E-state index contributed by atoms with van der Waals surface area (Å²) in [5.74, 6) is 0.614. The molecule has 0 saturated heterocycles. The lowest BCUT2D eigenvalue weighted by molar-refractivity contribution is 1.09. The third-order valence-corrected chi connectivity index (χ3v) is 2.23. The molecule has 3 nitrogen and oxygen atoms in total. The Labute approximate surface area is 93.1 Å². The smallest absolute Gasteiger partial charge is 0.171 e. The van der Waals surface area contributed by atoms with E-state index in [0.717, 1.165) is 0 Å². The van der Waals surface area contributed by atoms with Crippen LogP contribution in [0, 0.1) is 0 Å². The Hall–Kier alpha value is -1.61. The van der Waals surface area contributed by atoms with Gasteiger partial charge in [0.15, 0.2) is 11.0 Å². The first-order valence-electron chi connectivity index (χ1n) is 4.60. The minimum absolute atomic E-state index is 0.397. The predicted octanol–water partition coefficient (Wildman–Crippen LogP) is 2.74. The van der Waals surface area contributed by atoms with E-state index < -0.39 is 0 Å². The minimum Gasteiger partial charge on any atom is -0.363 e. The van der Waals surface area contributed by atoms with Gasteiger partial charge in [-0.3, -0.25) is 0 Å². The standard InChI is InChI=1S/C11H10ClN3/c12-10-11(14-7-6-13-10)15-8-9-4-2-1-3-5-9/h1-7H,8H2,(H,14,15). The molecule has 15 heavy (non-hydrogen) atoms. The fourth-order valence-corrected chi connectivity index (χ4v) is 1.39. The Morgan fingerprint density at radius 1 is 1.07 bits per heavy atom. The number of hydrogen-bond donors (Lipinski definition) is 1. The second-order valence-corrected chi connectivity index (χ2v) is 3.39. The van der Waals surface area contributed by atoms with Gasteiger partial charge in [-0.2, -0.15) is 0 Å². The highest BCUT2D eigenvalue weighted by atomic mass is 35.5. The highest BCUT2D eigenvalue weighted by Gasteiger charge is 2.00. The maximum atomic E-state index is 5.85. The minimum atomic E-state index is 0.397. The largest absolute Gasteiger partial charge is 0.363 e. The van der Waals surface area contributed by atoms with E-state index in [4.69, 9.17) is 11.6 Å².